The van der Waals surface area contributed by atoms with Crippen LogP contribution in [0, 0.1) is 5.92 Å². The second-order valence-electron chi connectivity index (χ2n) is 6.28. The highest BCUT2D eigenvalue weighted by Gasteiger charge is 2.19. The monoisotopic (exact) mass is 313 g/mol. The number of pyridine rings is 1. The highest BCUT2D eigenvalue weighted by Crippen LogP contribution is 2.30. The maximum Gasteiger partial charge on any atom is 0.227 e. The summed E-state index contributed by atoms with van der Waals surface area (Å²) in [6.45, 7) is 1.96. The molecule has 1 amide bonds. The molecule has 122 valence electrons. The lowest BCUT2D eigenvalue weighted by molar-refractivity contribution is -0.119. The number of anilines is 1. The molecule has 6 nitrogen and oxygen atoms in total. The Morgan fingerprint density at radius 3 is 2.96 bits per heavy atom. The molecule has 3 N–H and O–H groups in total. The zero-order valence-corrected chi connectivity index (χ0v) is 13.6. The van der Waals surface area contributed by atoms with Crippen molar-refractivity contribution in [3.8, 4) is 11.3 Å². The van der Waals surface area contributed by atoms with Gasteiger partial charge < -0.3 is 11.1 Å². The fraction of sp³-hybridized carbons (Fsp3) is 0.471. The third-order valence-electron chi connectivity index (χ3n) is 4.48. The molecule has 0 saturated carbocycles. The predicted octanol–water partition coefficient (Wildman–Crippen LogP) is 2.63. The Hall–Kier alpha value is -2.21. The molecule has 6 heteroatoms. The first kappa shape index (κ1) is 15.7. The maximum absolute atomic E-state index is 12.4. The fourth-order valence-electron chi connectivity index (χ4n) is 3.02. The van der Waals surface area contributed by atoms with E-state index in [1.165, 1.54) is 0 Å². The zero-order chi connectivity index (χ0) is 16.4. The lowest BCUT2D eigenvalue weighted by atomic mass is 9.99. The normalized spacial score (nSPS) is 22.3. The van der Waals surface area contributed by atoms with E-state index < -0.39 is 0 Å². The van der Waals surface area contributed by atoms with Crippen LogP contribution in [0.3, 0.4) is 0 Å². The number of fused-ring (bicyclic) bond motifs is 4. The van der Waals surface area contributed by atoms with Crippen LogP contribution in [0.25, 0.3) is 11.3 Å². The van der Waals surface area contributed by atoms with Gasteiger partial charge in [-0.1, -0.05) is 19.8 Å². The Morgan fingerprint density at radius 1 is 1.35 bits per heavy atom. The van der Waals surface area contributed by atoms with Crippen LogP contribution < -0.4 is 11.1 Å². The van der Waals surface area contributed by atoms with Crippen LogP contribution in [0.2, 0.25) is 0 Å². The van der Waals surface area contributed by atoms with Gasteiger partial charge in [0.15, 0.2) is 0 Å². The molecular weight excluding hydrogens is 290 g/mol. The second kappa shape index (κ2) is 6.50. The van der Waals surface area contributed by atoms with E-state index in [1.54, 1.807) is 17.1 Å². The number of hydrogen-bond donors (Lipinski definition) is 2. The lowest BCUT2D eigenvalue weighted by Crippen LogP contribution is -2.20. The molecule has 1 aliphatic rings. The molecule has 0 aliphatic carbocycles. The number of rotatable bonds is 0. The highest BCUT2D eigenvalue weighted by molar-refractivity contribution is 5.95. The van der Waals surface area contributed by atoms with E-state index in [0.717, 1.165) is 48.3 Å². The van der Waals surface area contributed by atoms with Gasteiger partial charge in [-0.05, 0) is 25.0 Å². The summed E-state index contributed by atoms with van der Waals surface area (Å²) in [7, 11) is 1.87. The molecule has 2 bridgehead atoms. The molecule has 1 aliphatic heterocycles. The number of nitrogens with two attached hydrogens (primary N) is 1. The Morgan fingerprint density at radius 2 is 2.13 bits per heavy atom. The smallest absolute Gasteiger partial charge is 0.227 e. The summed E-state index contributed by atoms with van der Waals surface area (Å²) in [4.78, 5) is 16.8. The molecule has 0 fully saturated rings. The molecule has 2 atom stereocenters. The summed E-state index contributed by atoms with van der Waals surface area (Å²) in [6, 6.07) is 3.84. The fourth-order valence-corrected chi connectivity index (χ4v) is 3.02. The minimum Gasteiger partial charge on any atom is -0.323 e. The number of hydrogen-bond acceptors (Lipinski definition) is 4. The van der Waals surface area contributed by atoms with Gasteiger partial charge in [0, 0.05) is 30.8 Å². The summed E-state index contributed by atoms with van der Waals surface area (Å²) in [5, 5.41) is 7.31. The minimum absolute atomic E-state index is 0.0266. The molecule has 0 spiro atoms. The molecule has 0 radical (unpaired) electrons. The van der Waals surface area contributed by atoms with Gasteiger partial charge in [-0.2, -0.15) is 5.10 Å². The molecule has 0 aromatic carbocycles. The molecule has 3 rings (SSSR count). The van der Waals surface area contributed by atoms with Crippen molar-refractivity contribution in [1.29, 1.82) is 0 Å². The van der Waals surface area contributed by atoms with Crippen molar-refractivity contribution < 1.29 is 4.79 Å². The van der Waals surface area contributed by atoms with Crippen molar-refractivity contribution in [3.63, 3.8) is 0 Å². The molecule has 2 aromatic heterocycles. The van der Waals surface area contributed by atoms with E-state index in [1.807, 2.05) is 26.1 Å². The predicted molar refractivity (Wildman–Crippen MR) is 89.6 cm³/mol. The average molecular weight is 313 g/mol. The number of aromatic nitrogens is 3. The Labute approximate surface area is 136 Å². The summed E-state index contributed by atoms with van der Waals surface area (Å²) in [5.74, 6) is 0.0124. The summed E-state index contributed by atoms with van der Waals surface area (Å²) < 4.78 is 1.77. The molecular formula is C17H23N5O. The van der Waals surface area contributed by atoms with Crippen molar-refractivity contribution in [1.82, 2.24) is 14.8 Å². The van der Waals surface area contributed by atoms with Crippen LogP contribution in [0.4, 0.5) is 5.69 Å². The first-order valence-electron chi connectivity index (χ1n) is 8.11. The molecule has 0 saturated heterocycles. The topological polar surface area (TPSA) is 85.8 Å². The van der Waals surface area contributed by atoms with Crippen LogP contribution in [0.15, 0.2) is 24.5 Å². The summed E-state index contributed by atoms with van der Waals surface area (Å²) >= 11 is 0. The van der Waals surface area contributed by atoms with E-state index in [2.05, 4.69) is 15.4 Å². The number of carbonyl (C=O) groups is 1. The van der Waals surface area contributed by atoms with Crippen molar-refractivity contribution in [2.24, 2.45) is 18.7 Å². The SMILES string of the molecule is CC1CCCCC(N)c2cc(ccn2)-c2c(cnn2C)NC1=O. The third-order valence-corrected chi connectivity index (χ3v) is 4.48. The Balaban J connectivity index is 2.06. The van der Waals surface area contributed by atoms with E-state index in [-0.39, 0.29) is 17.9 Å². The standard InChI is InChI=1S/C17H23N5O/c1-11-5-3-4-6-13(18)14-9-12(7-8-19-14)16-15(21-17(11)23)10-20-22(16)2/h7-11,13H,3-6,18H2,1-2H3,(H,21,23). The van der Waals surface area contributed by atoms with Crippen molar-refractivity contribution in [3.05, 3.63) is 30.2 Å². The van der Waals surface area contributed by atoms with Gasteiger partial charge in [-0.15, -0.1) is 0 Å². The van der Waals surface area contributed by atoms with Crippen LogP contribution in [-0.2, 0) is 11.8 Å². The second-order valence-corrected chi connectivity index (χ2v) is 6.28. The van der Waals surface area contributed by atoms with Crippen molar-refractivity contribution >= 4 is 11.6 Å². The van der Waals surface area contributed by atoms with Crippen LogP contribution in [0.5, 0.6) is 0 Å². The largest absolute Gasteiger partial charge is 0.323 e. The van der Waals surface area contributed by atoms with Crippen molar-refractivity contribution in [2.45, 2.75) is 38.6 Å². The summed E-state index contributed by atoms with van der Waals surface area (Å²) in [5.41, 5.74) is 9.74. The summed E-state index contributed by atoms with van der Waals surface area (Å²) in [6.07, 6.45) is 7.19. The number of carbonyl (C=O) groups excluding carboxylic acids is 1. The number of nitrogens with zero attached hydrogens (tertiary/aromatic N) is 3. The first-order valence-corrected chi connectivity index (χ1v) is 8.11. The third kappa shape index (κ3) is 3.27. The zero-order valence-electron chi connectivity index (χ0n) is 13.6. The van der Waals surface area contributed by atoms with Gasteiger partial charge >= 0.3 is 0 Å². The van der Waals surface area contributed by atoms with Gasteiger partial charge in [0.25, 0.3) is 0 Å². The lowest BCUT2D eigenvalue weighted by Gasteiger charge is -2.12. The molecule has 2 aromatic rings. The average Bonchev–Trinajstić information content (AvgIpc) is 2.91. The van der Waals surface area contributed by atoms with Crippen LogP contribution in [-0.4, -0.2) is 20.7 Å². The van der Waals surface area contributed by atoms with Gasteiger partial charge in [-0.25, -0.2) is 0 Å². The Bertz CT molecular complexity index is 709. The van der Waals surface area contributed by atoms with E-state index in [4.69, 9.17) is 5.73 Å². The van der Waals surface area contributed by atoms with Crippen LogP contribution in [0.1, 0.15) is 44.3 Å². The van der Waals surface area contributed by atoms with E-state index in [0.29, 0.717) is 0 Å². The first-order chi connectivity index (χ1) is 11.1. The number of amides is 1. The number of nitrogens with one attached hydrogen (secondary N) is 1. The van der Waals surface area contributed by atoms with E-state index in [9.17, 15) is 4.79 Å². The van der Waals surface area contributed by atoms with Gasteiger partial charge in [0.2, 0.25) is 5.91 Å². The van der Waals surface area contributed by atoms with E-state index >= 15 is 0 Å². The quantitative estimate of drug-likeness (QED) is 0.783. The van der Waals surface area contributed by atoms with Gasteiger partial charge in [0.1, 0.15) is 0 Å². The Kier molecular flexibility index (Phi) is 4.43. The van der Waals surface area contributed by atoms with Gasteiger partial charge in [-0.3, -0.25) is 14.5 Å². The highest BCUT2D eigenvalue weighted by atomic mass is 16.1. The minimum atomic E-state index is -0.0775. The molecule has 2 unspecified atom stereocenters. The number of aryl methyl sites for hydroxylation is 1. The van der Waals surface area contributed by atoms with Crippen molar-refractivity contribution in [2.75, 3.05) is 5.32 Å². The van der Waals surface area contributed by atoms with Gasteiger partial charge in [0.05, 0.1) is 23.3 Å². The molecule has 3 heterocycles. The molecule has 23 heavy (non-hydrogen) atoms. The maximum atomic E-state index is 12.4. The van der Waals surface area contributed by atoms with Crippen LogP contribution >= 0.6 is 0 Å².